The van der Waals surface area contributed by atoms with Crippen molar-refractivity contribution in [2.24, 2.45) is 0 Å². The molecule has 26 heavy (non-hydrogen) atoms. The van der Waals surface area contributed by atoms with E-state index in [1.807, 2.05) is 0 Å². The zero-order valence-corrected chi connectivity index (χ0v) is 15.1. The lowest BCUT2D eigenvalue weighted by atomic mass is 9.91. The van der Waals surface area contributed by atoms with Gasteiger partial charge in [-0.25, -0.2) is 12.8 Å². The molecule has 0 saturated heterocycles. The molecule has 0 aromatic heterocycles. The molecule has 0 aliphatic carbocycles. The number of benzene rings is 1. The molecule has 0 bridgehead atoms. The van der Waals surface area contributed by atoms with Crippen LogP contribution in [0.25, 0.3) is 0 Å². The Morgan fingerprint density at radius 2 is 2.15 bits per heavy atom. The molecule has 0 aliphatic rings. The van der Waals surface area contributed by atoms with Gasteiger partial charge in [-0.1, -0.05) is 12.2 Å². The molecule has 1 rings (SSSR count). The van der Waals surface area contributed by atoms with Crippen molar-refractivity contribution >= 4 is 17.7 Å². The van der Waals surface area contributed by atoms with Gasteiger partial charge in [0.05, 0.1) is 23.4 Å². The summed E-state index contributed by atoms with van der Waals surface area (Å²) in [5.41, 5.74) is 0.152. The summed E-state index contributed by atoms with van der Waals surface area (Å²) in [6.45, 7) is 4.49. The van der Waals surface area contributed by atoms with E-state index in [9.17, 15) is 22.9 Å². The Balaban J connectivity index is 3.37. The second-order valence-corrected chi connectivity index (χ2v) is 7.62. The maximum atomic E-state index is 13.7. The number of allylic oxidation sites excluding steroid dienone is 4. The van der Waals surface area contributed by atoms with Gasteiger partial charge in [0.2, 0.25) is 0 Å². The Labute approximate surface area is 153 Å². The standard InChI is InChI=1S/C17H19BFNO5S/c1-3-4-13(7-12(2)20(22)23)8-14-9-16(19)5-6-17(14)26(24,25)11-15(18)10-21/h3-7,9,15,21H,2,8,10-11H2,1H3/b4-3-,13-7+/t15-/m0/s1. The lowest BCUT2D eigenvalue weighted by Gasteiger charge is -2.14. The molecule has 1 aromatic carbocycles. The molecule has 138 valence electrons. The van der Waals surface area contributed by atoms with Gasteiger partial charge in [0, 0.05) is 12.7 Å². The maximum absolute atomic E-state index is 13.7. The van der Waals surface area contributed by atoms with Gasteiger partial charge in [0.1, 0.15) is 5.82 Å². The smallest absolute Gasteiger partial charge is 0.262 e. The highest BCUT2D eigenvalue weighted by molar-refractivity contribution is 7.91. The van der Waals surface area contributed by atoms with Crippen molar-refractivity contribution in [2.45, 2.75) is 24.1 Å². The third kappa shape index (κ3) is 6.23. The molecule has 0 aliphatic heterocycles. The van der Waals surface area contributed by atoms with Crippen LogP contribution in [0.2, 0.25) is 5.82 Å². The van der Waals surface area contributed by atoms with Crippen molar-refractivity contribution in [3.05, 3.63) is 75.8 Å². The minimum absolute atomic E-state index is 0.0577. The fourth-order valence-corrected chi connectivity index (χ4v) is 3.93. The summed E-state index contributed by atoms with van der Waals surface area (Å²) in [6, 6.07) is 3.19. The molecule has 1 aromatic rings. The highest BCUT2D eigenvalue weighted by Gasteiger charge is 2.22. The molecule has 1 atom stereocenters. The minimum Gasteiger partial charge on any atom is -0.397 e. The molecule has 0 unspecified atom stereocenters. The van der Waals surface area contributed by atoms with E-state index in [1.165, 1.54) is 6.08 Å². The molecule has 0 saturated carbocycles. The van der Waals surface area contributed by atoms with Crippen LogP contribution in [0.3, 0.4) is 0 Å². The lowest BCUT2D eigenvalue weighted by molar-refractivity contribution is -0.418. The zero-order chi connectivity index (χ0) is 19.9. The van der Waals surface area contributed by atoms with Crippen LogP contribution in [-0.4, -0.2) is 38.7 Å². The van der Waals surface area contributed by atoms with Gasteiger partial charge in [-0.2, -0.15) is 0 Å². The van der Waals surface area contributed by atoms with E-state index in [4.69, 9.17) is 13.0 Å². The minimum atomic E-state index is -3.88. The monoisotopic (exact) mass is 379 g/mol. The highest BCUT2D eigenvalue weighted by atomic mass is 32.2. The summed E-state index contributed by atoms with van der Waals surface area (Å²) in [6.07, 6.45) is 4.31. The molecule has 0 spiro atoms. The van der Waals surface area contributed by atoms with E-state index >= 15 is 0 Å². The predicted octanol–water partition coefficient (Wildman–Crippen LogP) is 2.38. The fourth-order valence-electron chi connectivity index (χ4n) is 2.27. The van der Waals surface area contributed by atoms with Crippen LogP contribution in [0.1, 0.15) is 12.5 Å². The number of aliphatic hydroxyl groups is 1. The highest BCUT2D eigenvalue weighted by Crippen LogP contribution is 2.24. The summed E-state index contributed by atoms with van der Waals surface area (Å²) in [5, 5.41) is 19.8. The quantitative estimate of drug-likeness (QED) is 0.234. The Hall–Kier alpha value is -2.26. The van der Waals surface area contributed by atoms with Crippen molar-refractivity contribution in [2.75, 3.05) is 12.4 Å². The first kappa shape index (κ1) is 21.8. The van der Waals surface area contributed by atoms with Crippen molar-refractivity contribution in [1.82, 2.24) is 0 Å². The first-order chi connectivity index (χ1) is 12.1. The summed E-state index contributed by atoms with van der Waals surface area (Å²) in [5.74, 6) is -2.12. The Kier molecular flexibility index (Phi) is 7.91. The second-order valence-electron chi connectivity index (χ2n) is 5.62. The molecule has 2 radical (unpaired) electrons. The van der Waals surface area contributed by atoms with Gasteiger partial charge in [0.15, 0.2) is 9.84 Å². The predicted molar refractivity (Wildman–Crippen MR) is 97.8 cm³/mol. The summed E-state index contributed by atoms with van der Waals surface area (Å²) < 4.78 is 38.7. The van der Waals surface area contributed by atoms with E-state index < -0.39 is 38.8 Å². The Bertz CT molecular complexity index is 849. The Morgan fingerprint density at radius 3 is 2.69 bits per heavy atom. The third-order valence-electron chi connectivity index (χ3n) is 3.39. The van der Waals surface area contributed by atoms with Gasteiger partial charge in [0.25, 0.3) is 5.70 Å². The van der Waals surface area contributed by atoms with E-state index in [0.29, 0.717) is 5.57 Å². The van der Waals surface area contributed by atoms with Crippen molar-refractivity contribution in [3.63, 3.8) is 0 Å². The molecule has 6 nitrogen and oxygen atoms in total. The fraction of sp³-hybridized carbons (Fsp3) is 0.294. The summed E-state index contributed by atoms with van der Waals surface area (Å²) in [7, 11) is 1.63. The van der Waals surface area contributed by atoms with Gasteiger partial charge >= 0.3 is 0 Å². The van der Waals surface area contributed by atoms with Crippen LogP contribution in [0.15, 0.2) is 59.2 Å². The number of hydrogen-bond donors (Lipinski definition) is 1. The largest absolute Gasteiger partial charge is 0.397 e. The van der Waals surface area contributed by atoms with Crippen LogP contribution < -0.4 is 0 Å². The van der Waals surface area contributed by atoms with Crippen LogP contribution in [-0.2, 0) is 16.3 Å². The van der Waals surface area contributed by atoms with Crippen LogP contribution >= 0.6 is 0 Å². The number of nitro groups is 1. The van der Waals surface area contributed by atoms with Crippen molar-refractivity contribution in [1.29, 1.82) is 0 Å². The van der Waals surface area contributed by atoms with Crippen molar-refractivity contribution < 1.29 is 22.8 Å². The summed E-state index contributed by atoms with van der Waals surface area (Å²) >= 11 is 0. The van der Waals surface area contributed by atoms with Crippen LogP contribution in [0, 0.1) is 15.9 Å². The number of sulfone groups is 1. The van der Waals surface area contributed by atoms with E-state index in [2.05, 4.69) is 6.58 Å². The van der Waals surface area contributed by atoms with Crippen LogP contribution in [0.4, 0.5) is 4.39 Å². The topological polar surface area (TPSA) is 97.5 Å². The number of halogens is 1. The zero-order valence-electron chi connectivity index (χ0n) is 14.3. The second kappa shape index (κ2) is 9.44. The van der Waals surface area contributed by atoms with Crippen molar-refractivity contribution in [3.8, 4) is 0 Å². The van der Waals surface area contributed by atoms with E-state index in [1.54, 1.807) is 19.1 Å². The molecule has 9 heteroatoms. The van der Waals surface area contributed by atoms with Gasteiger partial charge in [-0.3, -0.25) is 10.1 Å². The third-order valence-corrected chi connectivity index (χ3v) is 5.32. The van der Waals surface area contributed by atoms with Gasteiger partial charge in [-0.15, -0.1) is 0 Å². The molecular weight excluding hydrogens is 360 g/mol. The van der Waals surface area contributed by atoms with E-state index in [0.717, 1.165) is 18.2 Å². The summed E-state index contributed by atoms with van der Waals surface area (Å²) in [4.78, 5) is 9.96. The number of rotatable bonds is 9. The first-order valence-corrected chi connectivity index (χ1v) is 9.30. The molecule has 1 N–H and O–H groups in total. The van der Waals surface area contributed by atoms with Gasteiger partial charge < -0.3 is 5.11 Å². The maximum Gasteiger partial charge on any atom is 0.262 e. The molecule has 0 heterocycles. The number of hydrogen-bond acceptors (Lipinski definition) is 5. The SMILES string of the molecule is [B][C@@H](CO)CS(=O)(=O)c1ccc(F)cc1CC(/C=C\C)=C/C(=C)[N+](=O)[O-]. The molecular formula is C17H19BFNO5S. The Morgan fingerprint density at radius 1 is 1.50 bits per heavy atom. The molecule has 0 fully saturated rings. The van der Waals surface area contributed by atoms with E-state index in [-0.39, 0.29) is 22.6 Å². The number of nitrogens with zero attached hydrogens (tertiary/aromatic N) is 1. The van der Waals surface area contributed by atoms with Crippen LogP contribution in [0.5, 0.6) is 0 Å². The average molecular weight is 379 g/mol. The lowest BCUT2D eigenvalue weighted by Crippen LogP contribution is -2.17. The van der Waals surface area contributed by atoms with Gasteiger partial charge in [-0.05, 0) is 55.1 Å². The normalized spacial score (nSPS) is 13.7. The first-order valence-electron chi connectivity index (χ1n) is 7.65. The number of aliphatic hydroxyl groups excluding tert-OH is 1. The molecule has 0 amide bonds. The average Bonchev–Trinajstić information content (AvgIpc) is 2.54.